The molecule has 2 aromatic rings. The second kappa shape index (κ2) is 5.22. The van der Waals surface area contributed by atoms with Crippen LogP contribution in [-0.2, 0) is 6.54 Å². The number of aryl methyl sites for hydroxylation is 1. The number of nitrogens with one attached hydrogen (secondary N) is 2. The van der Waals surface area contributed by atoms with Gasteiger partial charge in [-0.1, -0.05) is 0 Å². The highest BCUT2D eigenvalue weighted by molar-refractivity contribution is 9.10. The molecule has 0 saturated carbocycles. The van der Waals surface area contributed by atoms with E-state index in [-0.39, 0.29) is 10.6 Å². The van der Waals surface area contributed by atoms with Crippen LogP contribution in [0.25, 0.3) is 0 Å². The van der Waals surface area contributed by atoms with Crippen LogP contribution in [0.1, 0.15) is 11.1 Å². The Labute approximate surface area is 112 Å². The van der Waals surface area contributed by atoms with Gasteiger partial charge in [0.2, 0.25) is 0 Å². The van der Waals surface area contributed by atoms with Crippen LogP contribution in [0.5, 0.6) is 0 Å². The van der Waals surface area contributed by atoms with Gasteiger partial charge in [0.05, 0.1) is 10.6 Å². The molecule has 0 amide bonds. The third kappa shape index (κ3) is 2.70. The number of nitrogens with zero attached hydrogens (tertiary/aromatic N) is 1. The summed E-state index contributed by atoms with van der Waals surface area (Å²) in [6.07, 6.45) is 3.72. The summed E-state index contributed by atoms with van der Waals surface area (Å²) in [4.78, 5) is 13.5. The number of rotatable bonds is 4. The Morgan fingerprint density at radius 1 is 1.50 bits per heavy atom. The van der Waals surface area contributed by atoms with Crippen LogP contribution in [0.15, 0.2) is 35.1 Å². The summed E-state index contributed by atoms with van der Waals surface area (Å²) in [7, 11) is 0. The van der Waals surface area contributed by atoms with Gasteiger partial charge < -0.3 is 10.3 Å². The average molecular weight is 310 g/mol. The Morgan fingerprint density at radius 3 is 2.89 bits per heavy atom. The second-order valence-electron chi connectivity index (χ2n) is 3.95. The number of nitro benzene ring substituents is 1. The van der Waals surface area contributed by atoms with E-state index in [4.69, 9.17) is 0 Å². The molecule has 0 aliphatic heterocycles. The first-order valence-corrected chi connectivity index (χ1v) is 6.17. The zero-order chi connectivity index (χ0) is 13.1. The number of anilines is 1. The maximum atomic E-state index is 10.9. The fourth-order valence-corrected chi connectivity index (χ4v) is 2.26. The van der Waals surface area contributed by atoms with Gasteiger partial charge in [-0.05, 0) is 40.5 Å². The minimum atomic E-state index is -0.372. The van der Waals surface area contributed by atoms with E-state index >= 15 is 0 Å². The van der Waals surface area contributed by atoms with Crippen LogP contribution < -0.4 is 5.32 Å². The molecule has 0 spiro atoms. The smallest absolute Gasteiger partial charge is 0.274 e. The van der Waals surface area contributed by atoms with Crippen LogP contribution in [0, 0.1) is 17.0 Å². The molecule has 0 atom stereocenters. The topological polar surface area (TPSA) is 71.0 Å². The summed E-state index contributed by atoms with van der Waals surface area (Å²) in [5.74, 6) is 0. The van der Waals surface area contributed by atoms with Gasteiger partial charge in [0.15, 0.2) is 0 Å². The van der Waals surface area contributed by atoms with Crippen molar-refractivity contribution < 1.29 is 4.92 Å². The first-order chi connectivity index (χ1) is 8.58. The van der Waals surface area contributed by atoms with Crippen molar-refractivity contribution in [2.75, 3.05) is 5.32 Å². The minimum Gasteiger partial charge on any atom is -0.380 e. The van der Waals surface area contributed by atoms with Crippen molar-refractivity contribution in [2.45, 2.75) is 13.5 Å². The molecule has 0 aliphatic carbocycles. The molecule has 0 fully saturated rings. The summed E-state index contributed by atoms with van der Waals surface area (Å²) in [6, 6.07) is 5.24. The van der Waals surface area contributed by atoms with Gasteiger partial charge in [-0.3, -0.25) is 10.1 Å². The number of benzene rings is 1. The molecule has 6 heteroatoms. The normalized spacial score (nSPS) is 10.3. The lowest BCUT2D eigenvalue weighted by Crippen LogP contribution is -2.01. The van der Waals surface area contributed by atoms with Gasteiger partial charge in [0.25, 0.3) is 5.69 Å². The molecule has 5 nitrogen and oxygen atoms in total. The Kier molecular flexibility index (Phi) is 3.66. The third-order valence-electron chi connectivity index (χ3n) is 2.63. The van der Waals surface area contributed by atoms with Gasteiger partial charge in [-0.25, -0.2) is 0 Å². The van der Waals surface area contributed by atoms with Crippen LogP contribution in [0.3, 0.4) is 0 Å². The number of nitro groups is 1. The third-order valence-corrected chi connectivity index (χ3v) is 3.28. The Bertz CT molecular complexity index is 567. The second-order valence-corrected chi connectivity index (χ2v) is 4.80. The number of H-pyrrole nitrogens is 1. The van der Waals surface area contributed by atoms with Gasteiger partial charge in [0, 0.05) is 35.0 Å². The van der Waals surface area contributed by atoms with Gasteiger partial charge in [-0.15, -0.1) is 0 Å². The maximum absolute atomic E-state index is 10.9. The summed E-state index contributed by atoms with van der Waals surface area (Å²) in [6.45, 7) is 2.33. The standard InChI is InChI=1S/C12H12BrN3O2/c1-8-4-10(13)11(5-12(8)16(17)18)15-7-9-2-3-14-6-9/h2-6,14-15H,7H2,1H3. The summed E-state index contributed by atoms with van der Waals surface area (Å²) < 4.78 is 0.820. The predicted molar refractivity (Wildman–Crippen MR) is 73.7 cm³/mol. The highest BCUT2D eigenvalue weighted by Crippen LogP contribution is 2.30. The van der Waals surface area contributed by atoms with Crippen LogP contribution in [-0.4, -0.2) is 9.91 Å². The van der Waals surface area contributed by atoms with Gasteiger partial charge in [-0.2, -0.15) is 0 Å². The largest absolute Gasteiger partial charge is 0.380 e. The van der Waals surface area contributed by atoms with Crippen LogP contribution in [0.4, 0.5) is 11.4 Å². The molecule has 0 aliphatic rings. The van der Waals surface area contributed by atoms with Crippen LogP contribution in [0.2, 0.25) is 0 Å². The molecular formula is C12H12BrN3O2. The van der Waals surface area contributed by atoms with Crippen molar-refractivity contribution in [1.82, 2.24) is 4.98 Å². The highest BCUT2D eigenvalue weighted by Gasteiger charge is 2.14. The summed E-state index contributed by atoms with van der Waals surface area (Å²) in [5.41, 5.74) is 2.56. The predicted octanol–water partition coefficient (Wildman–Crippen LogP) is 3.61. The van der Waals surface area contributed by atoms with Crippen LogP contribution >= 0.6 is 15.9 Å². The number of aromatic nitrogens is 1. The van der Waals surface area contributed by atoms with Crippen molar-refractivity contribution in [1.29, 1.82) is 0 Å². The molecule has 0 bridgehead atoms. The maximum Gasteiger partial charge on any atom is 0.274 e. The lowest BCUT2D eigenvalue weighted by atomic mass is 10.2. The average Bonchev–Trinajstić information content (AvgIpc) is 2.80. The number of hydrogen-bond acceptors (Lipinski definition) is 3. The zero-order valence-corrected chi connectivity index (χ0v) is 11.3. The minimum absolute atomic E-state index is 0.120. The quantitative estimate of drug-likeness (QED) is 0.669. The fourth-order valence-electron chi connectivity index (χ4n) is 1.66. The van der Waals surface area contributed by atoms with Crippen molar-refractivity contribution in [2.24, 2.45) is 0 Å². The summed E-state index contributed by atoms with van der Waals surface area (Å²) in [5, 5.41) is 14.0. The van der Waals surface area contributed by atoms with Gasteiger partial charge in [0.1, 0.15) is 0 Å². The van der Waals surface area contributed by atoms with E-state index < -0.39 is 0 Å². The van der Waals surface area contributed by atoms with Gasteiger partial charge >= 0.3 is 0 Å². The Morgan fingerprint density at radius 2 is 2.28 bits per heavy atom. The lowest BCUT2D eigenvalue weighted by molar-refractivity contribution is -0.385. The molecule has 1 heterocycles. The molecule has 18 heavy (non-hydrogen) atoms. The Hall–Kier alpha value is -1.82. The molecule has 1 aromatic heterocycles. The molecule has 2 rings (SSSR count). The molecule has 94 valence electrons. The Balaban J connectivity index is 2.22. The summed E-state index contributed by atoms with van der Waals surface area (Å²) >= 11 is 3.40. The van der Waals surface area contributed by atoms with Crippen molar-refractivity contribution >= 4 is 27.3 Å². The number of aromatic amines is 1. The van der Waals surface area contributed by atoms with E-state index in [1.54, 1.807) is 19.1 Å². The van der Waals surface area contributed by atoms with Crippen molar-refractivity contribution in [3.05, 3.63) is 56.3 Å². The number of halogens is 1. The number of hydrogen-bond donors (Lipinski definition) is 2. The van der Waals surface area contributed by atoms with Crippen molar-refractivity contribution in [3.63, 3.8) is 0 Å². The molecular weight excluding hydrogens is 298 g/mol. The van der Waals surface area contributed by atoms with E-state index in [1.807, 2.05) is 18.5 Å². The zero-order valence-electron chi connectivity index (χ0n) is 9.74. The molecule has 0 radical (unpaired) electrons. The van der Waals surface area contributed by atoms with E-state index in [0.29, 0.717) is 17.8 Å². The van der Waals surface area contributed by atoms with E-state index in [1.165, 1.54) is 0 Å². The highest BCUT2D eigenvalue weighted by atomic mass is 79.9. The molecule has 2 N–H and O–H groups in total. The molecule has 0 unspecified atom stereocenters. The first kappa shape index (κ1) is 12.6. The molecule has 0 saturated heterocycles. The fraction of sp³-hybridized carbons (Fsp3) is 0.167. The van der Waals surface area contributed by atoms with E-state index in [9.17, 15) is 10.1 Å². The SMILES string of the molecule is Cc1cc(Br)c(NCc2cc[nH]c2)cc1[N+](=O)[O-]. The van der Waals surface area contributed by atoms with E-state index in [0.717, 1.165) is 10.0 Å². The monoisotopic (exact) mass is 309 g/mol. The van der Waals surface area contributed by atoms with Crippen molar-refractivity contribution in [3.8, 4) is 0 Å². The first-order valence-electron chi connectivity index (χ1n) is 5.38. The molecule has 1 aromatic carbocycles. The van der Waals surface area contributed by atoms with E-state index in [2.05, 4.69) is 26.2 Å². The lowest BCUT2D eigenvalue weighted by Gasteiger charge is -2.08.